The molecule has 1 heterocycles. The van der Waals surface area contributed by atoms with Crippen molar-refractivity contribution in [2.24, 2.45) is 0 Å². The molecule has 0 saturated heterocycles. The van der Waals surface area contributed by atoms with Gasteiger partial charge in [0.25, 0.3) is 0 Å². The van der Waals surface area contributed by atoms with Crippen LogP contribution in [0.4, 0.5) is 4.39 Å². The Bertz CT molecular complexity index is 553. The van der Waals surface area contributed by atoms with Crippen molar-refractivity contribution in [1.29, 1.82) is 0 Å². The lowest BCUT2D eigenvalue weighted by Gasteiger charge is -2.02. The smallest absolute Gasteiger partial charge is 0.305 e. The lowest BCUT2D eigenvalue weighted by atomic mass is 10.1. The van der Waals surface area contributed by atoms with Gasteiger partial charge < -0.3 is 4.98 Å². The van der Waals surface area contributed by atoms with Gasteiger partial charge in [0, 0.05) is 16.8 Å². The summed E-state index contributed by atoms with van der Waals surface area (Å²) in [5.41, 5.74) is 0.0869. The molecule has 0 saturated carbocycles. The van der Waals surface area contributed by atoms with Crippen LogP contribution in [0.1, 0.15) is 0 Å². The highest BCUT2D eigenvalue weighted by Crippen LogP contribution is 2.23. The van der Waals surface area contributed by atoms with E-state index in [1.807, 2.05) is 0 Å². The molecule has 1 aromatic heterocycles. The highest BCUT2D eigenvalue weighted by atomic mass is 35.5. The van der Waals surface area contributed by atoms with Crippen LogP contribution >= 0.6 is 11.6 Å². The normalized spacial score (nSPS) is 10.3. The van der Waals surface area contributed by atoms with Crippen LogP contribution < -0.4 is 5.69 Å². The van der Waals surface area contributed by atoms with Crippen molar-refractivity contribution in [1.82, 2.24) is 9.97 Å². The van der Waals surface area contributed by atoms with Crippen molar-refractivity contribution < 1.29 is 4.39 Å². The Kier molecular flexibility index (Phi) is 2.51. The molecule has 2 rings (SSSR count). The summed E-state index contributed by atoms with van der Waals surface area (Å²) in [5, 5.41) is 0.407. The van der Waals surface area contributed by atoms with Crippen LogP contribution in [0, 0.1) is 5.82 Å². The molecule has 0 bridgehead atoms. The first-order valence-corrected chi connectivity index (χ1v) is 4.55. The van der Waals surface area contributed by atoms with Crippen molar-refractivity contribution in [2.45, 2.75) is 0 Å². The van der Waals surface area contributed by atoms with Gasteiger partial charge >= 0.3 is 5.69 Å². The third-order valence-electron chi connectivity index (χ3n) is 1.89. The topological polar surface area (TPSA) is 45.8 Å². The average Bonchev–Trinajstić information content (AvgIpc) is 2.22. The van der Waals surface area contributed by atoms with Crippen molar-refractivity contribution in [2.75, 3.05) is 0 Å². The fourth-order valence-corrected chi connectivity index (χ4v) is 1.40. The van der Waals surface area contributed by atoms with Crippen LogP contribution in [0.25, 0.3) is 11.3 Å². The summed E-state index contributed by atoms with van der Waals surface area (Å²) < 4.78 is 13.4. The summed E-state index contributed by atoms with van der Waals surface area (Å²) in [5.74, 6) is -0.443. The van der Waals surface area contributed by atoms with Gasteiger partial charge in [-0.05, 0) is 24.3 Å². The van der Waals surface area contributed by atoms with Crippen LogP contribution in [-0.4, -0.2) is 9.97 Å². The molecule has 0 spiro atoms. The second-order valence-corrected chi connectivity index (χ2v) is 3.35. The van der Waals surface area contributed by atoms with Gasteiger partial charge in [0.1, 0.15) is 5.82 Å². The number of nitrogens with zero attached hydrogens (tertiary/aromatic N) is 1. The van der Waals surface area contributed by atoms with Gasteiger partial charge in [-0.3, -0.25) is 0 Å². The van der Waals surface area contributed by atoms with Gasteiger partial charge in [-0.1, -0.05) is 11.6 Å². The summed E-state index contributed by atoms with van der Waals surface area (Å²) >= 11 is 5.73. The molecule has 76 valence electrons. The van der Waals surface area contributed by atoms with E-state index in [-0.39, 0.29) is 5.56 Å². The summed E-state index contributed by atoms with van der Waals surface area (Å²) in [6.45, 7) is 0. The minimum absolute atomic E-state index is 0.252. The third-order valence-corrected chi connectivity index (χ3v) is 2.13. The molecule has 0 aliphatic carbocycles. The summed E-state index contributed by atoms with van der Waals surface area (Å²) in [4.78, 5) is 16.8. The molecule has 2 aromatic rings. The van der Waals surface area contributed by atoms with Gasteiger partial charge in [-0.25, -0.2) is 14.2 Å². The highest BCUT2D eigenvalue weighted by Gasteiger charge is 2.06. The second kappa shape index (κ2) is 3.82. The van der Waals surface area contributed by atoms with Crippen molar-refractivity contribution in [3.8, 4) is 11.3 Å². The van der Waals surface area contributed by atoms with Crippen molar-refractivity contribution in [3.05, 3.63) is 51.8 Å². The molecule has 3 nitrogen and oxygen atoms in total. The van der Waals surface area contributed by atoms with Gasteiger partial charge in [-0.15, -0.1) is 0 Å². The molecule has 0 aliphatic heterocycles. The number of H-pyrrole nitrogens is 1. The number of aromatic amines is 1. The fourth-order valence-electron chi connectivity index (χ4n) is 1.23. The number of rotatable bonds is 1. The van der Waals surface area contributed by atoms with E-state index in [1.54, 1.807) is 0 Å². The van der Waals surface area contributed by atoms with Gasteiger partial charge in [0.2, 0.25) is 0 Å². The van der Waals surface area contributed by atoms with E-state index in [9.17, 15) is 9.18 Å². The number of hydrogen-bond donors (Lipinski definition) is 1. The molecule has 0 unspecified atom stereocenters. The number of benzene rings is 1. The van der Waals surface area contributed by atoms with E-state index in [0.717, 1.165) is 0 Å². The van der Waals surface area contributed by atoms with E-state index in [1.165, 1.54) is 30.5 Å². The van der Waals surface area contributed by atoms with E-state index in [0.29, 0.717) is 10.7 Å². The molecule has 0 amide bonds. The van der Waals surface area contributed by atoms with Crippen LogP contribution in [-0.2, 0) is 0 Å². The van der Waals surface area contributed by atoms with E-state index in [4.69, 9.17) is 11.6 Å². The SMILES string of the molecule is O=c1nccc(-c2cc(Cl)ccc2F)[nH]1. The summed E-state index contributed by atoms with van der Waals surface area (Å²) in [6, 6.07) is 5.65. The van der Waals surface area contributed by atoms with E-state index in [2.05, 4.69) is 9.97 Å². The summed E-state index contributed by atoms with van der Waals surface area (Å²) in [7, 11) is 0. The van der Waals surface area contributed by atoms with Crippen LogP contribution in [0.15, 0.2) is 35.3 Å². The van der Waals surface area contributed by atoms with E-state index < -0.39 is 11.5 Å². The molecule has 1 aromatic carbocycles. The van der Waals surface area contributed by atoms with Crippen LogP contribution in [0.5, 0.6) is 0 Å². The number of aromatic nitrogens is 2. The predicted octanol–water partition coefficient (Wildman–Crippen LogP) is 2.23. The van der Waals surface area contributed by atoms with Gasteiger partial charge in [0.05, 0.1) is 5.69 Å². The molecule has 5 heteroatoms. The quantitative estimate of drug-likeness (QED) is 0.808. The minimum atomic E-state index is -0.521. The predicted molar refractivity (Wildman–Crippen MR) is 55.3 cm³/mol. The molecular formula is C10H6ClFN2O. The first-order valence-electron chi connectivity index (χ1n) is 4.17. The van der Waals surface area contributed by atoms with Gasteiger partial charge in [-0.2, -0.15) is 0 Å². The first kappa shape index (κ1) is 9.86. The zero-order valence-corrected chi connectivity index (χ0v) is 8.25. The molecular weight excluding hydrogens is 219 g/mol. The highest BCUT2D eigenvalue weighted by molar-refractivity contribution is 6.30. The fraction of sp³-hybridized carbons (Fsp3) is 0. The molecule has 0 atom stereocenters. The van der Waals surface area contributed by atoms with Gasteiger partial charge in [0.15, 0.2) is 0 Å². The second-order valence-electron chi connectivity index (χ2n) is 2.91. The Morgan fingerprint density at radius 1 is 1.33 bits per heavy atom. The lowest BCUT2D eigenvalue weighted by Crippen LogP contribution is -2.09. The maximum absolute atomic E-state index is 13.4. The molecule has 0 aliphatic rings. The molecule has 1 N–H and O–H groups in total. The number of hydrogen-bond acceptors (Lipinski definition) is 2. The maximum atomic E-state index is 13.4. The average molecular weight is 225 g/mol. The van der Waals surface area contributed by atoms with E-state index >= 15 is 0 Å². The standard InChI is InChI=1S/C10H6ClFN2O/c11-6-1-2-8(12)7(5-6)9-3-4-13-10(15)14-9/h1-5H,(H,13,14,15). The van der Waals surface area contributed by atoms with Crippen LogP contribution in [0.2, 0.25) is 5.02 Å². The Hall–Kier alpha value is -1.68. The monoisotopic (exact) mass is 224 g/mol. The van der Waals surface area contributed by atoms with Crippen molar-refractivity contribution >= 4 is 11.6 Å². The maximum Gasteiger partial charge on any atom is 0.345 e. The number of halogens is 2. The first-order chi connectivity index (χ1) is 7.16. The molecule has 0 radical (unpaired) electrons. The Labute approximate surface area is 89.6 Å². The number of nitrogens with one attached hydrogen (secondary N) is 1. The zero-order chi connectivity index (χ0) is 10.8. The van der Waals surface area contributed by atoms with Crippen LogP contribution in [0.3, 0.4) is 0 Å². The Morgan fingerprint density at radius 3 is 2.87 bits per heavy atom. The summed E-state index contributed by atoms with van der Waals surface area (Å²) in [6.07, 6.45) is 1.31. The molecule has 15 heavy (non-hydrogen) atoms. The molecule has 0 fully saturated rings. The minimum Gasteiger partial charge on any atom is -0.305 e. The Balaban J connectivity index is 2.63. The van der Waals surface area contributed by atoms with Crippen molar-refractivity contribution in [3.63, 3.8) is 0 Å². The lowest BCUT2D eigenvalue weighted by molar-refractivity contribution is 0.630. The zero-order valence-electron chi connectivity index (χ0n) is 7.50. The third kappa shape index (κ3) is 2.05. The Morgan fingerprint density at radius 2 is 2.13 bits per heavy atom. The largest absolute Gasteiger partial charge is 0.345 e.